The Bertz CT molecular complexity index is 607. The third-order valence-corrected chi connectivity index (χ3v) is 3.45. The first-order valence-corrected chi connectivity index (χ1v) is 6.94. The number of hydrogen-bond donors (Lipinski definition) is 1. The number of anilines is 3. The number of benzene rings is 1. The summed E-state index contributed by atoms with van der Waals surface area (Å²) in [7, 11) is 1.89. The highest BCUT2D eigenvalue weighted by Crippen LogP contribution is 2.31. The van der Waals surface area contributed by atoms with E-state index >= 15 is 0 Å². The van der Waals surface area contributed by atoms with Gasteiger partial charge in [-0.2, -0.15) is 0 Å². The van der Waals surface area contributed by atoms with Gasteiger partial charge in [-0.1, -0.05) is 18.2 Å². The fourth-order valence-corrected chi connectivity index (χ4v) is 2.42. The smallest absolute Gasteiger partial charge is 0.141 e. The molecule has 0 saturated heterocycles. The second kappa shape index (κ2) is 5.90. The first-order chi connectivity index (χ1) is 9.58. The maximum Gasteiger partial charge on any atom is 0.141 e. The van der Waals surface area contributed by atoms with Gasteiger partial charge in [-0.15, -0.1) is 0 Å². The van der Waals surface area contributed by atoms with Crippen LogP contribution in [0, 0.1) is 20.8 Å². The molecule has 0 saturated carbocycles. The Labute approximate surface area is 120 Å². The van der Waals surface area contributed by atoms with Crippen molar-refractivity contribution in [2.24, 2.45) is 0 Å². The largest absolute Gasteiger partial charge is 0.373 e. The van der Waals surface area contributed by atoms with Crippen molar-refractivity contribution < 1.29 is 0 Å². The van der Waals surface area contributed by atoms with Gasteiger partial charge in [0.15, 0.2) is 0 Å². The molecule has 0 radical (unpaired) electrons. The minimum atomic E-state index is 0.780. The number of aromatic nitrogens is 2. The maximum atomic E-state index is 4.64. The molecule has 1 N–H and O–H groups in total. The van der Waals surface area contributed by atoms with Crippen LogP contribution < -0.4 is 10.2 Å². The predicted molar refractivity (Wildman–Crippen MR) is 84.9 cm³/mol. The van der Waals surface area contributed by atoms with Crippen LogP contribution in [-0.4, -0.2) is 23.6 Å². The minimum Gasteiger partial charge on any atom is -0.373 e. The number of nitrogens with zero attached hydrogens (tertiary/aromatic N) is 3. The second-order valence-electron chi connectivity index (χ2n) is 4.85. The summed E-state index contributed by atoms with van der Waals surface area (Å²) < 4.78 is 0. The van der Waals surface area contributed by atoms with Gasteiger partial charge in [-0.3, -0.25) is 0 Å². The Morgan fingerprint density at radius 1 is 1.10 bits per heavy atom. The monoisotopic (exact) mass is 270 g/mol. The van der Waals surface area contributed by atoms with E-state index in [2.05, 4.69) is 65.2 Å². The lowest BCUT2D eigenvalue weighted by molar-refractivity contribution is 0.934. The first kappa shape index (κ1) is 14.3. The Morgan fingerprint density at radius 3 is 2.40 bits per heavy atom. The molecule has 0 atom stereocenters. The third-order valence-electron chi connectivity index (χ3n) is 3.45. The van der Waals surface area contributed by atoms with E-state index < -0.39 is 0 Å². The molecule has 1 aromatic carbocycles. The number of nitrogens with one attached hydrogen (secondary N) is 1. The van der Waals surface area contributed by atoms with Crippen LogP contribution in [0.4, 0.5) is 17.3 Å². The number of aryl methyl sites for hydroxylation is 2. The fourth-order valence-electron chi connectivity index (χ4n) is 2.42. The van der Waals surface area contributed by atoms with Crippen molar-refractivity contribution in [1.29, 1.82) is 0 Å². The van der Waals surface area contributed by atoms with Gasteiger partial charge >= 0.3 is 0 Å². The van der Waals surface area contributed by atoms with E-state index in [9.17, 15) is 0 Å². The summed E-state index contributed by atoms with van der Waals surface area (Å²) in [6.07, 6.45) is 0. The molecule has 20 heavy (non-hydrogen) atoms. The van der Waals surface area contributed by atoms with Gasteiger partial charge in [0.1, 0.15) is 17.5 Å². The molecular formula is C16H22N4. The summed E-state index contributed by atoms with van der Waals surface area (Å²) >= 11 is 0. The molecule has 2 rings (SSSR count). The van der Waals surface area contributed by atoms with E-state index in [1.54, 1.807) is 0 Å². The Morgan fingerprint density at radius 2 is 1.80 bits per heavy atom. The van der Waals surface area contributed by atoms with Crippen molar-refractivity contribution in [1.82, 2.24) is 9.97 Å². The second-order valence-corrected chi connectivity index (χ2v) is 4.85. The SMILES string of the molecule is CCN(c1ccccc1C)c1nc(C)nc(NC)c1C. The van der Waals surface area contributed by atoms with Crippen LogP contribution in [0.15, 0.2) is 24.3 Å². The zero-order valence-corrected chi connectivity index (χ0v) is 12.9. The lowest BCUT2D eigenvalue weighted by Gasteiger charge is -2.26. The normalized spacial score (nSPS) is 10.4. The lowest BCUT2D eigenvalue weighted by Crippen LogP contribution is -2.21. The molecule has 0 aliphatic carbocycles. The molecule has 0 unspecified atom stereocenters. The Balaban J connectivity index is 2.58. The van der Waals surface area contributed by atoms with Crippen molar-refractivity contribution in [3.8, 4) is 0 Å². The van der Waals surface area contributed by atoms with Crippen molar-refractivity contribution in [2.75, 3.05) is 23.8 Å². The molecule has 2 aromatic rings. The van der Waals surface area contributed by atoms with E-state index in [-0.39, 0.29) is 0 Å². The Hall–Kier alpha value is -2.10. The number of hydrogen-bond acceptors (Lipinski definition) is 4. The third kappa shape index (κ3) is 2.59. The quantitative estimate of drug-likeness (QED) is 0.921. The molecule has 0 amide bonds. The summed E-state index contributed by atoms with van der Waals surface area (Å²) in [5.41, 5.74) is 3.51. The van der Waals surface area contributed by atoms with Crippen LogP contribution in [0.2, 0.25) is 0 Å². The number of para-hydroxylation sites is 1. The lowest BCUT2D eigenvalue weighted by atomic mass is 10.1. The zero-order valence-electron chi connectivity index (χ0n) is 12.9. The topological polar surface area (TPSA) is 41.1 Å². The molecule has 4 heteroatoms. The van der Waals surface area contributed by atoms with Crippen LogP contribution in [0.5, 0.6) is 0 Å². The highest BCUT2D eigenvalue weighted by atomic mass is 15.2. The average Bonchev–Trinajstić information content (AvgIpc) is 2.44. The van der Waals surface area contributed by atoms with Crippen LogP contribution >= 0.6 is 0 Å². The molecule has 0 bridgehead atoms. The maximum absolute atomic E-state index is 4.64. The van der Waals surface area contributed by atoms with Gasteiger partial charge in [0.05, 0.1) is 0 Å². The molecular weight excluding hydrogens is 248 g/mol. The summed E-state index contributed by atoms with van der Waals surface area (Å²) in [6.45, 7) is 9.12. The minimum absolute atomic E-state index is 0.780. The van der Waals surface area contributed by atoms with Crippen molar-refractivity contribution >= 4 is 17.3 Å². The molecule has 4 nitrogen and oxygen atoms in total. The van der Waals surface area contributed by atoms with Gasteiger partial charge in [0.2, 0.25) is 0 Å². The molecule has 0 spiro atoms. The van der Waals surface area contributed by atoms with Crippen molar-refractivity contribution in [3.63, 3.8) is 0 Å². The fraction of sp³-hybridized carbons (Fsp3) is 0.375. The van der Waals surface area contributed by atoms with Crippen LogP contribution in [0.1, 0.15) is 23.9 Å². The Kier molecular flexibility index (Phi) is 4.23. The van der Waals surface area contributed by atoms with E-state index in [4.69, 9.17) is 0 Å². The standard InChI is InChI=1S/C16H22N4/c1-6-20(14-10-8-7-9-11(14)2)16-12(3)15(17-5)18-13(4)19-16/h7-10H,6H2,1-5H3,(H,17,18,19). The summed E-state index contributed by atoms with van der Waals surface area (Å²) in [6, 6.07) is 8.38. The van der Waals surface area contributed by atoms with Crippen molar-refractivity contribution in [3.05, 3.63) is 41.2 Å². The highest BCUT2D eigenvalue weighted by Gasteiger charge is 2.16. The first-order valence-electron chi connectivity index (χ1n) is 6.94. The predicted octanol–water partition coefficient (Wildman–Crippen LogP) is 3.60. The number of rotatable bonds is 4. The van der Waals surface area contributed by atoms with E-state index in [0.29, 0.717) is 0 Å². The summed E-state index contributed by atoms with van der Waals surface area (Å²) in [4.78, 5) is 11.3. The van der Waals surface area contributed by atoms with Crippen LogP contribution in [0.3, 0.4) is 0 Å². The van der Waals surface area contributed by atoms with Crippen LogP contribution in [0.25, 0.3) is 0 Å². The van der Waals surface area contributed by atoms with Gasteiger partial charge in [0.25, 0.3) is 0 Å². The van der Waals surface area contributed by atoms with Crippen molar-refractivity contribution in [2.45, 2.75) is 27.7 Å². The zero-order chi connectivity index (χ0) is 14.7. The molecule has 0 aliphatic rings. The van der Waals surface area contributed by atoms with Crippen LogP contribution in [-0.2, 0) is 0 Å². The van der Waals surface area contributed by atoms with E-state index in [0.717, 1.165) is 29.6 Å². The van der Waals surface area contributed by atoms with E-state index in [1.807, 2.05) is 14.0 Å². The molecule has 1 aromatic heterocycles. The van der Waals surface area contributed by atoms with E-state index in [1.165, 1.54) is 11.3 Å². The van der Waals surface area contributed by atoms with Gasteiger partial charge in [-0.05, 0) is 39.3 Å². The highest BCUT2D eigenvalue weighted by molar-refractivity contribution is 5.69. The molecule has 106 valence electrons. The average molecular weight is 270 g/mol. The van der Waals surface area contributed by atoms with Gasteiger partial charge < -0.3 is 10.2 Å². The van der Waals surface area contributed by atoms with Gasteiger partial charge in [0, 0.05) is 24.8 Å². The van der Waals surface area contributed by atoms with Gasteiger partial charge in [-0.25, -0.2) is 9.97 Å². The molecule has 0 fully saturated rings. The molecule has 1 heterocycles. The molecule has 0 aliphatic heterocycles. The summed E-state index contributed by atoms with van der Waals surface area (Å²) in [5.74, 6) is 2.64. The summed E-state index contributed by atoms with van der Waals surface area (Å²) in [5, 5.41) is 3.14.